The van der Waals surface area contributed by atoms with E-state index in [1.807, 2.05) is 29.7 Å². The van der Waals surface area contributed by atoms with Gasteiger partial charge in [0, 0.05) is 28.7 Å². The number of phenols is 1. The quantitative estimate of drug-likeness (QED) is 0.0867. The van der Waals surface area contributed by atoms with E-state index in [-0.39, 0.29) is 48.8 Å². The van der Waals surface area contributed by atoms with Crippen molar-refractivity contribution in [2.75, 3.05) is 18.9 Å². The number of benzene rings is 1. The first kappa shape index (κ1) is 36.3. The molecule has 2 aliphatic heterocycles. The maximum Gasteiger partial charge on any atom is 0.352 e. The van der Waals surface area contributed by atoms with Gasteiger partial charge < -0.3 is 25.6 Å². The molecule has 1 aliphatic carbocycles. The molecule has 2 aromatic rings. The van der Waals surface area contributed by atoms with Crippen molar-refractivity contribution in [1.29, 1.82) is 0 Å². The summed E-state index contributed by atoms with van der Waals surface area (Å²) in [6, 6.07) is 6.93. The van der Waals surface area contributed by atoms with Crippen LogP contribution in [0.3, 0.4) is 0 Å². The fourth-order valence-electron chi connectivity index (χ4n) is 6.82. The number of amides is 2. The zero-order valence-electron chi connectivity index (χ0n) is 28.5. The molecule has 9 nitrogen and oxygen atoms in total. The third-order valence-electron chi connectivity index (χ3n) is 9.33. The van der Waals surface area contributed by atoms with Crippen molar-refractivity contribution in [2.24, 2.45) is 5.92 Å². The lowest BCUT2D eigenvalue weighted by Crippen LogP contribution is -2.70. The number of fused-ring (bicyclic) bond motifs is 1. The number of phenolic OH excluding ortho intramolecular Hbond substituents is 1. The van der Waals surface area contributed by atoms with Crippen molar-refractivity contribution in [2.45, 2.75) is 83.1 Å². The predicted octanol–water partition coefficient (Wildman–Crippen LogP) is 6.67. The minimum Gasteiger partial charge on any atom is -0.507 e. The minimum atomic E-state index is -1.17. The number of thioether (sulfide) groups is 1. The molecular formula is C38H47N3O6S2. The summed E-state index contributed by atoms with van der Waals surface area (Å²) in [4.78, 5) is 40.0. The van der Waals surface area contributed by atoms with Gasteiger partial charge in [-0.3, -0.25) is 14.5 Å². The van der Waals surface area contributed by atoms with E-state index in [0.717, 1.165) is 60.1 Å². The van der Waals surface area contributed by atoms with Gasteiger partial charge in [-0.25, -0.2) is 4.79 Å². The van der Waals surface area contributed by atoms with Gasteiger partial charge in [0.15, 0.2) is 0 Å². The number of rotatable bonds is 16. The van der Waals surface area contributed by atoms with Crippen LogP contribution >= 0.6 is 23.1 Å². The van der Waals surface area contributed by atoms with E-state index < -0.39 is 23.3 Å². The number of thiophene rings is 1. The van der Waals surface area contributed by atoms with E-state index in [9.17, 15) is 24.6 Å². The average molecular weight is 706 g/mol. The molecule has 262 valence electrons. The van der Waals surface area contributed by atoms with Gasteiger partial charge in [0.05, 0.1) is 6.42 Å². The Balaban J connectivity index is 1.23. The Hall–Kier alpha value is -3.96. The number of unbranched alkanes of at least 4 members (excludes halogenated alkanes) is 2. The van der Waals surface area contributed by atoms with Gasteiger partial charge in [-0.1, -0.05) is 49.6 Å². The molecule has 3 aliphatic rings. The summed E-state index contributed by atoms with van der Waals surface area (Å²) in [5.41, 5.74) is 4.78. The van der Waals surface area contributed by atoms with E-state index >= 15 is 0 Å². The summed E-state index contributed by atoms with van der Waals surface area (Å²) >= 11 is 2.92. The molecule has 11 heteroatoms. The summed E-state index contributed by atoms with van der Waals surface area (Å²) in [5.74, 6) is -0.331. The number of hydrogen-bond acceptors (Lipinski definition) is 8. The number of carbonyl (C=O) groups is 3. The Morgan fingerprint density at radius 3 is 2.78 bits per heavy atom. The number of aromatic hydroxyl groups is 1. The molecule has 1 fully saturated rings. The van der Waals surface area contributed by atoms with Crippen molar-refractivity contribution >= 4 is 40.9 Å². The largest absolute Gasteiger partial charge is 0.507 e. The molecule has 0 spiro atoms. The van der Waals surface area contributed by atoms with E-state index in [1.54, 1.807) is 6.20 Å². The smallest absolute Gasteiger partial charge is 0.352 e. The Kier molecular flexibility index (Phi) is 12.3. The van der Waals surface area contributed by atoms with E-state index in [0.29, 0.717) is 17.1 Å². The van der Waals surface area contributed by atoms with Gasteiger partial charge in [0.2, 0.25) is 5.91 Å². The monoisotopic (exact) mass is 705 g/mol. The van der Waals surface area contributed by atoms with Gasteiger partial charge in [0.25, 0.3) is 5.91 Å². The van der Waals surface area contributed by atoms with Crippen LogP contribution in [0.15, 0.2) is 77.0 Å². The number of ether oxygens (including phenoxy) is 1. The molecule has 2 amide bonds. The van der Waals surface area contributed by atoms with Crippen LogP contribution in [-0.2, 0) is 27.2 Å². The first-order valence-corrected chi connectivity index (χ1v) is 18.9. The second kappa shape index (κ2) is 16.6. The summed E-state index contributed by atoms with van der Waals surface area (Å²) in [7, 11) is 0. The standard InChI is InChI=1S/C38H47N3O6S2/c1-5-6-7-10-25-18-30(42)33(29-17-24(4)12-13-28(29)23(2)3)31(19-25)47-15-9-14-39-21-26-22-49-37-34(36(44)41(37)35(26)38(45)46)40-32(43)20-27-11-8-16-48-27/h8-9,11,14,16-19,28-29,34,37,39,42H,2,5-7,10,12-13,15,20-22H2,1,3-4H3,(H,40,43)(H,45,46)/b14-9+/t28-,29+,34+,37+/m0/s1. The van der Waals surface area contributed by atoms with Crippen LogP contribution in [-0.4, -0.2) is 63.2 Å². The number of nitrogens with zero attached hydrogens (tertiary/aromatic N) is 1. The maximum absolute atomic E-state index is 13.0. The number of carbonyl (C=O) groups excluding carboxylic acids is 2. The van der Waals surface area contributed by atoms with Crippen molar-refractivity contribution in [1.82, 2.24) is 15.5 Å². The average Bonchev–Trinajstić information content (AvgIpc) is 3.57. The maximum atomic E-state index is 13.0. The fraction of sp³-hybridized carbons (Fsp3) is 0.447. The van der Waals surface area contributed by atoms with Crippen LogP contribution < -0.4 is 15.4 Å². The fourth-order valence-corrected chi connectivity index (χ4v) is 8.87. The molecule has 0 saturated carbocycles. The summed E-state index contributed by atoms with van der Waals surface area (Å²) in [6.45, 7) is 11.1. The highest BCUT2D eigenvalue weighted by Gasteiger charge is 2.54. The van der Waals surface area contributed by atoms with Gasteiger partial charge in [-0.05, 0) is 92.4 Å². The normalized spacial score (nSPS) is 22.0. The number of hydrogen-bond donors (Lipinski definition) is 4. The van der Waals surface area contributed by atoms with Gasteiger partial charge in [-0.2, -0.15) is 0 Å². The summed E-state index contributed by atoms with van der Waals surface area (Å²) < 4.78 is 6.32. The SMILES string of the molecule is C=C(C)[C@@H]1CCC(C)=C[C@H]1c1c(O)cc(CCCCC)cc1OC/C=C/NCC1=C(C(=O)O)N2C(=O)[C@@H](NC(=O)Cc3cccs3)[C@H]2SC1. The van der Waals surface area contributed by atoms with Gasteiger partial charge >= 0.3 is 5.97 Å². The summed E-state index contributed by atoms with van der Waals surface area (Å²) in [5, 5.41) is 28.7. The number of aliphatic carboxylic acids is 1. The van der Waals surface area contributed by atoms with Crippen molar-refractivity contribution in [3.05, 3.63) is 93.0 Å². The van der Waals surface area contributed by atoms with Crippen LogP contribution in [0, 0.1) is 5.92 Å². The van der Waals surface area contributed by atoms with Crippen LogP contribution in [0.4, 0.5) is 0 Å². The van der Waals surface area contributed by atoms with Crippen LogP contribution in [0.25, 0.3) is 0 Å². The first-order valence-electron chi connectivity index (χ1n) is 17.0. The van der Waals surface area contributed by atoms with Crippen LogP contribution in [0.5, 0.6) is 11.5 Å². The zero-order valence-corrected chi connectivity index (χ0v) is 30.1. The highest BCUT2D eigenvalue weighted by molar-refractivity contribution is 8.00. The zero-order chi connectivity index (χ0) is 35.1. The molecule has 0 unspecified atom stereocenters. The Bertz CT molecular complexity index is 1650. The van der Waals surface area contributed by atoms with Crippen LogP contribution in [0.1, 0.15) is 74.8 Å². The number of carboxylic acid groups (broad SMARTS) is 1. The number of carboxylic acids is 1. The second-order valence-electron chi connectivity index (χ2n) is 13.1. The Morgan fingerprint density at radius 2 is 2.06 bits per heavy atom. The Labute approximate surface area is 297 Å². The second-order valence-corrected chi connectivity index (χ2v) is 15.2. The topological polar surface area (TPSA) is 128 Å². The third kappa shape index (κ3) is 8.62. The lowest BCUT2D eigenvalue weighted by molar-refractivity contribution is -0.150. The van der Waals surface area contributed by atoms with Crippen molar-refractivity contribution in [3.63, 3.8) is 0 Å². The molecule has 1 saturated heterocycles. The number of allylic oxidation sites excluding steroid dienone is 3. The van der Waals surface area contributed by atoms with Crippen molar-refractivity contribution in [3.8, 4) is 11.5 Å². The molecule has 4 atom stereocenters. The van der Waals surface area contributed by atoms with Crippen LogP contribution in [0.2, 0.25) is 0 Å². The molecule has 0 bridgehead atoms. The number of nitrogens with one attached hydrogen (secondary N) is 2. The predicted molar refractivity (Wildman–Crippen MR) is 196 cm³/mol. The highest BCUT2D eigenvalue weighted by Crippen LogP contribution is 2.47. The molecule has 4 N–H and O–H groups in total. The molecule has 49 heavy (non-hydrogen) atoms. The molecule has 3 heterocycles. The molecule has 1 aromatic heterocycles. The third-order valence-corrected chi connectivity index (χ3v) is 11.5. The molecule has 1 aromatic carbocycles. The van der Waals surface area contributed by atoms with E-state index in [1.165, 1.54) is 33.6 Å². The molecular weight excluding hydrogens is 659 g/mol. The van der Waals surface area contributed by atoms with Gasteiger partial charge in [-0.15, -0.1) is 23.1 Å². The van der Waals surface area contributed by atoms with E-state index in [4.69, 9.17) is 4.74 Å². The first-order chi connectivity index (χ1) is 23.6. The lowest BCUT2D eigenvalue weighted by Gasteiger charge is -2.49. The highest BCUT2D eigenvalue weighted by atomic mass is 32.2. The minimum absolute atomic E-state index is 0.0276. The number of β-lactam (4-membered cyclic amide) rings is 1. The molecule has 0 radical (unpaired) electrons. The van der Waals surface area contributed by atoms with Gasteiger partial charge in [0.1, 0.15) is 35.2 Å². The Morgan fingerprint density at radius 1 is 1.24 bits per heavy atom. The number of aryl methyl sites for hydroxylation is 1. The lowest BCUT2D eigenvalue weighted by atomic mass is 9.73. The summed E-state index contributed by atoms with van der Waals surface area (Å²) in [6.07, 6.45) is 12.1. The van der Waals surface area contributed by atoms with E-state index in [2.05, 4.69) is 50.1 Å². The van der Waals surface area contributed by atoms with Crippen molar-refractivity contribution < 1.29 is 29.3 Å². The molecule has 5 rings (SSSR count).